The van der Waals surface area contributed by atoms with Crippen LogP contribution in [0.15, 0.2) is 5.16 Å². The minimum atomic E-state index is -0.0822. The van der Waals surface area contributed by atoms with Gasteiger partial charge < -0.3 is 10.1 Å². The Morgan fingerprint density at radius 2 is 1.50 bits per heavy atom. The van der Waals surface area contributed by atoms with Gasteiger partial charge in [-0.2, -0.15) is 0 Å². The monoisotopic (exact) mass is 256 g/mol. The molecule has 0 heterocycles. The van der Waals surface area contributed by atoms with Crippen LogP contribution in [0.1, 0.15) is 57.8 Å². The number of rotatable bonds is 12. The Morgan fingerprint density at radius 3 is 2.00 bits per heavy atom. The van der Waals surface area contributed by atoms with Gasteiger partial charge in [-0.3, -0.25) is 4.79 Å². The molecule has 0 aliphatic rings. The summed E-state index contributed by atoms with van der Waals surface area (Å²) in [6.45, 7) is 1.19. The predicted molar refractivity (Wildman–Crippen MR) is 75.4 cm³/mol. The third-order valence-electron chi connectivity index (χ3n) is 2.98. The molecule has 0 saturated carbocycles. The van der Waals surface area contributed by atoms with Crippen LogP contribution in [0.3, 0.4) is 0 Å². The molecule has 0 atom stereocenters. The fourth-order valence-corrected chi connectivity index (χ4v) is 1.92. The molecule has 4 nitrogen and oxygen atoms in total. The number of unbranched alkanes of at least 4 members (excludes halogenated alkanes) is 7. The highest BCUT2D eigenvalue weighted by molar-refractivity contribution is 6.27. The second-order valence-electron chi connectivity index (χ2n) is 5.09. The van der Waals surface area contributed by atoms with Gasteiger partial charge in [0.05, 0.1) is 0 Å². The molecule has 106 valence electrons. The molecule has 0 amide bonds. The smallest absolute Gasteiger partial charge is 0.177 e. The van der Waals surface area contributed by atoms with Gasteiger partial charge in [0.2, 0.25) is 0 Å². The van der Waals surface area contributed by atoms with E-state index in [4.69, 9.17) is 5.21 Å². The number of Topliss-reactive ketones (excluding diaryl/α,β-unsaturated/α-hetero) is 1. The fraction of sp³-hybridized carbons (Fsp3) is 0.857. The van der Waals surface area contributed by atoms with Crippen molar-refractivity contribution in [3.8, 4) is 0 Å². The number of nitrogens with zero attached hydrogens (tertiary/aromatic N) is 2. The standard InChI is InChI=1S/C14H28N2O2/c1-16(2)12-10-8-6-4-3-5-7-9-11-14(17)13-15-18/h13,18H,3-12H2,1-2H3/b15-13+. The lowest BCUT2D eigenvalue weighted by Gasteiger charge is -2.08. The van der Waals surface area contributed by atoms with Crippen molar-refractivity contribution in [2.45, 2.75) is 57.8 Å². The largest absolute Gasteiger partial charge is 0.411 e. The quantitative estimate of drug-likeness (QED) is 0.253. The number of carbonyl (C=O) groups is 1. The van der Waals surface area contributed by atoms with Crippen LogP contribution >= 0.6 is 0 Å². The van der Waals surface area contributed by atoms with Crippen LogP contribution < -0.4 is 0 Å². The average molecular weight is 256 g/mol. The molecule has 4 heteroatoms. The van der Waals surface area contributed by atoms with Gasteiger partial charge in [0, 0.05) is 6.42 Å². The molecule has 1 N–H and O–H groups in total. The summed E-state index contributed by atoms with van der Waals surface area (Å²) >= 11 is 0. The molecule has 0 saturated heterocycles. The summed E-state index contributed by atoms with van der Waals surface area (Å²) < 4.78 is 0. The molecular weight excluding hydrogens is 228 g/mol. The summed E-state index contributed by atoms with van der Waals surface area (Å²) in [7, 11) is 4.23. The maximum Gasteiger partial charge on any atom is 0.177 e. The van der Waals surface area contributed by atoms with Gasteiger partial charge in [-0.05, 0) is 33.5 Å². The highest BCUT2D eigenvalue weighted by atomic mass is 16.4. The van der Waals surface area contributed by atoms with E-state index in [1.807, 2.05) is 0 Å². The summed E-state index contributed by atoms with van der Waals surface area (Å²) in [5.41, 5.74) is 0. The number of hydrogen-bond donors (Lipinski definition) is 1. The average Bonchev–Trinajstić information content (AvgIpc) is 2.31. The van der Waals surface area contributed by atoms with Crippen molar-refractivity contribution >= 4 is 12.0 Å². The minimum absolute atomic E-state index is 0.0822. The van der Waals surface area contributed by atoms with Gasteiger partial charge in [-0.15, -0.1) is 0 Å². The molecule has 0 radical (unpaired) electrons. The molecule has 0 aromatic carbocycles. The lowest BCUT2D eigenvalue weighted by Crippen LogP contribution is -2.12. The molecule has 0 aromatic heterocycles. The SMILES string of the molecule is CN(C)CCCCCCCCCCC(=O)/C=N/O. The predicted octanol–water partition coefficient (Wildman–Crippen LogP) is 3.09. The number of oxime groups is 1. The highest BCUT2D eigenvalue weighted by Gasteiger charge is 1.98. The number of ketones is 1. The fourth-order valence-electron chi connectivity index (χ4n) is 1.92. The van der Waals surface area contributed by atoms with E-state index >= 15 is 0 Å². The van der Waals surface area contributed by atoms with Crippen molar-refractivity contribution in [3.05, 3.63) is 0 Å². The van der Waals surface area contributed by atoms with Crippen LogP contribution in [0.5, 0.6) is 0 Å². The van der Waals surface area contributed by atoms with Gasteiger partial charge in [0.25, 0.3) is 0 Å². The van der Waals surface area contributed by atoms with Crippen LogP contribution in [0.2, 0.25) is 0 Å². The van der Waals surface area contributed by atoms with Gasteiger partial charge in [0.15, 0.2) is 5.78 Å². The van der Waals surface area contributed by atoms with E-state index in [0.717, 1.165) is 19.1 Å². The summed E-state index contributed by atoms with van der Waals surface area (Å²) in [5, 5.41) is 10.9. The number of carbonyl (C=O) groups excluding carboxylic acids is 1. The first-order chi connectivity index (χ1) is 8.66. The van der Waals surface area contributed by atoms with Crippen molar-refractivity contribution in [1.29, 1.82) is 0 Å². The van der Waals surface area contributed by atoms with Crippen LogP contribution in [0.25, 0.3) is 0 Å². The second-order valence-corrected chi connectivity index (χ2v) is 5.09. The first-order valence-corrected chi connectivity index (χ1v) is 7.02. The molecule has 0 unspecified atom stereocenters. The summed E-state index contributed by atoms with van der Waals surface area (Å²) in [4.78, 5) is 13.2. The van der Waals surface area contributed by atoms with E-state index in [0.29, 0.717) is 6.42 Å². The van der Waals surface area contributed by atoms with Gasteiger partial charge in [0.1, 0.15) is 6.21 Å². The van der Waals surface area contributed by atoms with E-state index in [1.54, 1.807) is 0 Å². The summed E-state index contributed by atoms with van der Waals surface area (Å²) in [6, 6.07) is 0. The lowest BCUT2D eigenvalue weighted by atomic mass is 10.1. The van der Waals surface area contributed by atoms with E-state index in [2.05, 4.69) is 24.2 Å². The summed E-state index contributed by atoms with van der Waals surface area (Å²) in [5.74, 6) is -0.0822. The zero-order chi connectivity index (χ0) is 13.6. The Balaban J connectivity index is 3.10. The van der Waals surface area contributed by atoms with E-state index in [-0.39, 0.29) is 5.78 Å². The second kappa shape index (κ2) is 12.6. The lowest BCUT2D eigenvalue weighted by molar-refractivity contribution is -0.112. The van der Waals surface area contributed by atoms with Crippen molar-refractivity contribution in [2.75, 3.05) is 20.6 Å². The first-order valence-electron chi connectivity index (χ1n) is 7.02. The van der Waals surface area contributed by atoms with Gasteiger partial charge in [-0.25, -0.2) is 0 Å². The van der Waals surface area contributed by atoms with Crippen molar-refractivity contribution in [3.63, 3.8) is 0 Å². The van der Waals surface area contributed by atoms with Gasteiger partial charge in [-0.1, -0.05) is 43.7 Å². The maximum atomic E-state index is 11.0. The van der Waals surface area contributed by atoms with Crippen LogP contribution in [-0.2, 0) is 4.79 Å². The van der Waals surface area contributed by atoms with E-state index in [1.165, 1.54) is 45.1 Å². The third kappa shape index (κ3) is 13.2. The molecule has 0 aliphatic heterocycles. The molecule has 0 aromatic rings. The maximum absolute atomic E-state index is 11.0. The molecule has 0 rings (SSSR count). The van der Waals surface area contributed by atoms with Crippen molar-refractivity contribution in [1.82, 2.24) is 4.90 Å². The third-order valence-corrected chi connectivity index (χ3v) is 2.98. The van der Waals surface area contributed by atoms with Crippen LogP contribution in [0.4, 0.5) is 0 Å². The molecule has 0 spiro atoms. The topological polar surface area (TPSA) is 52.9 Å². The van der Waals surface area contributed by atoms with Crippen molar-refractivity contribution < 1.29 is 10.0 Å². The van der Waals surface area contributed by atoms with Crippen molar-refractivity contribution in [2.24, 2.45) is 5.16 Å². The Hall–Kier alpha value is -0.900. The minimum Gasteiger partial charge on any atom is -0.411 e. The molecule has 18 heavy (non-hydrogen) atoms. The number of hydrogen-bond acceptors (Lipinski definition) is 4. The van der Waals surface area contributed by atoms with Gasteiger partial charge >= 0.3 is 0 Å². The first kappa shape index (κ1) is 17.1. The van der Waals surface area contributed by atoms with Crippen LogP contribution in [0, 0.1) is 0 Å². The Labute approximate surface area is 111 Å². The Bertz CT molecular complexity index is 228. The Kier molecular flexibility index (Phi) is 11.9. The van der Waals surface area contributed by atoms with Crippen LogP contribution in [-0.4, -0.2) is 42.7 Å². The molecule has 0 bridgehead atoms. The summed E-state index contributed by atoms with van der Waals surface area (Å²) in [6.07, 6.45) is 11.2. The zero-order valence-corrected chi connectivity index (χ0v) is 11.9. The molecule has 0 aliphatic carbocycles. The normalized spacial score (nSPS) is 11.5. The molecular formula is C14H28N2O2. The zero-order valence-electron chi connectivity index (χ0n) is 11.9. The Morgan fingerprint density at radius 1 is 1.00 bits per heavy atom. The van der Waals surface area contributed by atoms with E-state index < -0.39 is 0 Å². The molecule has 0 fully saturated rings. The highest BCUT2D eigenvalue weighted by Crippen LogP contribution is 2.09. The van der Waals surface area contributed by atoms with E-state index in [9.17, 15) is 4.79 Å².